The summed E-state index contributed by atoms with van der Waals surface area (Å²) in [5.74, 6) is -0.751. The van der Waals surface area contributed by atoms with Crippen LogP contribution in [-0.4, -0.2) is 47.7 Å². The Bertz CT molecular complexity index is 231. The molecule has 2 saturated heterocycles. The topological polar surface area (TPSA) is 52.6 Å². The zero-order valence-electron chi connectivity index (χ0n) is 9.28. The van der Waals surface area contributed by atoms with Crippen molar-refractivity contribution in [3.63, 3.8) is 0 Å². The van der Waals surface area contributed by atoms with Gasteiger partial charge in [-0.3, -0.25) is 4.79 Å². The number of hydrogen-bond donors (Lipinski definition) is 2. The molecule has 2 heterocycles. The van der Waals surface area contributed by atoms with Gasteiger partial charge in [0.2, 0.25) is 0 Å². The molecule has 0 amide bonds. The van der Waals surface area contributed by atoms with Gasteiger partial charge in [-0.15, -0.1) is 0 Å². The monoisotopic (exact) mass is 212 g/mol. The maximum Gasteiger partial charge on any atom is 0.317 e. The number of aliphatic carboxylic acids is 1. The van der Waals surface area contributed by atoms with Crippen molar-refractivity contribution in [3.8, 4) is 0 Å². The van der Waals surface area contributed by atoms with Gasteiger partial charge in [0.1, 0.15) is 0 Å². The molecule has 0 radical (unpaired) electrons. The summed E-state index contributed by atoms with van der Waals surface area (Å²) in [6.07, 6.45) is 6.11. The molecule has 2 atom stereocenters. The predicted octanol–water partition coefficient (Wildman–Crippen LogP) is 0.676. The second kappa shape index (κ2) is 4.49. The summed E-state index contributed by atoms with van der Waals surface area (Å²) in [5.41, 5.74) is 0. The molecule has 4 nitrogen and oxygen atoms in total. The normalized spacial score (nSPS) is 36.5. The van der Waals surface area contributed by atoms with Gasteiger partial charge < -0.3 is 15.3 Å². The average molecular weight is 212 g/mol. The highest BCUT2D eigenvalue weighted by Gasteiger charge is 2.35. The fourth-order valence-electron chi connectivity index (χ4n) is 3.01. The number of rotatable bonds is 3. The zero-order valence-corrected chi connectivity index (χ0v) is 9.28. The highest BCUT2D eigenvalue weighted by molar-refractivity contribution is 5.69. The average Bonchev–Trinajstić information content (AvgIpc) is 2.15. The van der Waals surface area contributed by atoms with Crippen molar-refractivity contribution in [1.29, 1.82) is 0 Å². The lowest BCUT2D eigenvalue weighted by atomic mass is 9.82. The maximum atomic E-state index is 10.5. The number of carbonyl (C=O) groups is 1. The zero-order chi connectivity index (χ0) is 10.8. The van der Waals surface area contributed by atoms with Crippen LogP contribution in [0.3, 0.4) is 0 Å². The van der Waals surface area contributed by atoms with E-state index >= 15 is 0 Å². The SMILES string of the molecule is CN1C2CCCC1CC(NCC(=O)O)C2. The van der Waals surface area contributed by atoms with E-state index in [2.05, 4.69) is 17.3 Å². The number of hydrogen-bond acceptors (Lipinski definition) is 3. The summed E-state index contributed by atoms with van der Waals surface area (Å²) in [4.78, 5) is 13.0. The Kier molecular flexibility index (Phi) is 3.26. The molecule has 2 unspecified atom stereocenters. The van der Waals surface area contributed by atoms with Gasteiger partial charge in [-0.25, -0.2) is 0 Å². The van der Waals surface area contributed by atoms with E-state index in [9.17, 15) is 4.79 Å². The Morgan fingerprint density at radius 1 is 1.40 bits per heavy atom. The third kappa shape index (κ3) is 2.49. The van der Waals surface area contributed by atoms with Crippen molar-refractivity contribution in [1.82, 2.24) is 10.2 Å². The molecule has 0 aromatic rings. The lowest BCUT2D eigenvalue weighted by Gasteiger charge is -2.47. The smallest absolute Gasteiger partial charge is 0.317 e. The van der Waals surface area contributed by atoms with Crippen molar-refractivity contribution in [2.75, 3.05) is 13.6 Å². The molecule has 0 aromatic carbocycles. The lowest BCUT2D eigenvalue weighted by molar-refractivity contribution is -0.136. The molecule has 2 aliphatic rings. The highest BCUT2D eigenvalue weighted by atomic mass is 16.4. The van der Waals surface area contributed by atoms with Gasteiger partial charge in [0, 0.05) is 18.1 Å². The second-order valence-electron chi connectivity index (χ2n) is 4.85. The minimum atomic E-state index is -0.751. The van der Waals surface area contributed by atoms with Gasteiger partial charge >= 0.3 is 5.97 Å². The Morgan fingerprint density at radius 3 is 2.53 bits per heavy atom. The Hall–Kier alpha value is -0.610. The molecule has 15 heavy (non-hydrogen) atoms. The van der Waals surface area contributed by atoms with Crippen LogP contribution in [-0.2, 0) is 4.79 Å². The van der Waals surface area contributed by atoms with Crippen molar-refractivity contribution >= 4 is 5.97 Å². The fourth-order valence-corrected chi connectivity index (χ4v) is 3.01. The lowest BCUT2D eigenvalue weighted by Crippen LogP contribution is -2.54. The van der Waals surface area contributed by atoms with E-state index in [0.29, 0.717) is 18.1 Å². The van der Waals surface area contributed by atoms with Crippen LogP contribution in [0.5, 0.6) is 0 Å². The molecule has 2 N–H and O–H groups in total. The van der Waals surface area contributed by atoms with Crippen LogP contribution in [0.2, 0.25) is 0 Å². The molecule has 2 aliphatic heterocycles. The Morgan fingerprint density at radius 2 is 2.00 bits per heavy atom. The maximum absolute atomic E-state index is 10.5. The first-order valence-corrected chi connectivity index (χ1v) is 5.84. The Labute approximate surface area is 90.6 Å². The first kappa shape index (κ1) is 10.9. The van der Waals surface area contributed by atoms with Crippen LogP contribution in [0.1, 0.15) is 32.1 Å². The van der Waals surface area contributed by atoms with Crippen LogP contribution in [0.4, 0.5) is 0 Å². The van der Waals surface area contributed by atoms with Gasteiger partial charge in [0.25, 0.3) is 0 Å². The third-order valence-corrected chi connectivity index (χ3v) is 3.88. The molecule has 0 aromatic heterocycles. The second-order valence-corrected chi connectivity index (χ2v) is 4.85. The van der Waals surface area contributed by atoms with Crippen LogP contribution in [0, 0.1) is 0 Å². The van der Waals surface area contributed by atoms with Crippen LogP contribution in [0.15, 0.2) is 0 Å². The van der Waals surface area contributed by atoms with E-state index in [-0.39, 0.29) is 6.54 Å². The molecule has 2 bridgehead atoms. The van der Waals surface area contributed by atoms with E-state index in [1.807, 2.05) is 0 Å². The number of nitrogens with one attached hydrogen (secondary N) is 1. The van der Waals surface area contributed by atoms with Crippen molar-refractivity contribution in [2.24, 2.45) is 0 Å². The summed E-state index contributed by atoms with van der Waals surface area (Å²) in [6, 6.07) is 1.75. The number of nitrogens with zero attached hydrogens (tertiary/aromatic N) is 1. The standard InChI is InChI=1S/C11H20N2O2/c1-13-9-3-2-4-10(13)6-8(5-9)12-7-11(14)15/h8-10,12H,2-7H2,1H3,(H,14,15). The van der Waals surface area contributed by atoms with Crippen LogP contribution >= 0.6 is 0 Å². The summed E-state index contributed by atoms with van der Waals surface area (Å²) >= 11 is 0. The van der Waals surface area contributed by atoms with Crippen LogP contribution in [0.25, 0.3) is 0 Å². The minimum absolute atomic E-state index is 0.105. The molecule has 0 saturated carbocycles. The van der Waals surface area contributed by atoms with Gasteiger partial charge in [-0.2, -0.15) is 0 Å². The quantitative estimate of drug-likeness (QED) is 0.722. The van der Waals surface area contributed by atoms with Gasteiger partial charge in [-0.05, 0) is 32.7 Å². The number of fused-ring (bicyclic) bond motifs is 2. The molecule has 0 spiro atoms. The summed E-state index contributed by atoms with van der Waals surface area (Å²) < 4.78 is 0. The highest BCUT2D eigenvalue weighted by Crippen LogP contribution is 2.32. The first-order valence-electron chi connectivity index (χ1n) is 5.84. The largest absolute Gasteiger partial charge is 0.480 e. The first-order chi connectivity index (χ1) is 7.16. The van der Waals surface area contributed by atoms with Crippen LogP contribution < -0.4 is 5.32 Å². The van der Waals surface area contributed by atoms with Crippen molar-refractivity contribution < 1.29 is 9.90 Å². The van der Waals surface area contributed by atoms with E-state index in [4.69, 9.17) is 5.11 Å². The van der Waals surface area contributed by atoms with E-state index in [0.717, 1.165) is 12.8 Å². The molecule has 2 fully saturated rings. The number of piperidine rings is 2. The van der Waals surface area contributed by atoms with Gasteiger partial charge in [0.05, 0.1) is 6.54 Å². The van der Waals surface area contributed by atoms with Crippen molar-refractivity contribution in [2.45, 2.75) is 50.2 Å². The van der Waals surface area contributed by atoms with E-state index in [1.54, 1.807) is 0 Å². The molecule has 86 valence electrons. The number of carboxylic acid groups (broad SMARTS) is 1. The van der Waals surface area contributed by atoms with Crippen molar-refractivity contribution in [3.05, 3.63) is 0 Å². The molecule has 2 rings (SSSR count). The Balaban J connectivity index is 1.87. The molecule has 0 aliphatic carbocycles. The van der Waals surface area contributed by atoms with E-state index < -0.39 is 5.97 Å². The van der Waals surface area contributed by atoms with E-state index in [1.165, 1.54) is 19.3 Å². The number of carboxylic acids is 1. The summed E-state index contributed by atoms with van der Waals surface area (Å²) in [7, 11) is 2.21. The molecule has 4 heteroatoms. The van der Waals surface area contributed by atoms with Gasteiger partial charge in [-0.1, -0.05) is 6.42 Å². The minimum Gasteiger partial charge on any atom is -0.480 e. The fraction of sp³-hybridized carbons (Fsp3) is 0.909. The summed E-state index contributed by atoms with van der Waals surface area (Å²) in [5, 5.41) is 11.8. The third-order valence-electron chi connectivity index (χ3n) is 3.88. The summed E-state index contributed by atoms with van der Waals surface area (Å²) in [6.45, 7) is 0.105. The molecular formula is C11H20N2O2. The van der Waals surface area contributed by atoms with Gasteiger partial charge in [0.15, 0.2) is 0 Å². The molecular weight excluding hydrogens is 192 g/mol. The predicted molar refractivity (Wildman–Crippen MR) is 57.9 cm³/mol.